The van der Waals surface area contributed by atoms with Crippen LogP contribution >= 0.6 is 0 Å². The number of nitrogens with zero attached hydrogens (tertiary/aromatic N) is 10. The molecule has 0 spiro atoms. The maximum atomic E-state index is 12.9. The van der Waals surface area contributed by atoms with Gasteiger partial charge in [-0.3, -0.25) is 9.88 Å². The Morgan fingerprint density at radius 3 is 2.45 bits per heavy atom. The summed E-state index contributed by atoms with van der Waals surface area (Å²) in [5.74, 6) is 0.911. The molecule has 0 aromatic carbocycles. The number of anilines is 2. The molecule has 1 fully saturated rings. The molecule has 2 N–H and O–H groups in total. The first kappa shape index (κ1) is 23.7. The molecule has 5 aromatic heterocycles. The van der Waals surface area contributed by atoms with Crippen molar-refractivity contribution >= 4 is 34.5 Å². The number of esters is 1. The number of ether oxygens (including phenoxy) is 1. The predicted octanol–water partition coefficient (Wildman–Crippen LogP) is 1.43. The lowest BCUT2D eigenvalue weighted by Crippen LogP contribution is -2.47. The molecule has 38 heavy (non-hydrogen) atoms. The molecule has 6 rings (SSSR count). The Morgan fingerprint density at radius 2 is 1.74 bits per heavy atom. The molecule has 1 saturated heterocycles. The van der Waals surface area contributed by atoms with Crippen LogP contribution in [0, 0.1) is 6.92 Å². The van der Waals surface area contributed by atoms with Gasteiger partial charge in [0.1, 0.15) is 17.0 Å². The molecule has 194 valence electrons. The van der Waals surface area contributed by atoms with E-state index in [1.807, 2.05) is 35.8 Å². The van der Waals surface area contributed by atoms with Crippen molar-refractivity contribution in [2.24, 2.45) is 0 Å². The highest BCUT2D eigenvalue weighted by atomic mass is 16.5. The summed E-state index contributed by atoms with van der Waals surface area (Å²) in [5.41, 5.74) is 9.19. The standard InChI is InChI=1S/C25H27N11O2/c1-16-18-21(31-24(26)36-22(18)30-20(32-36)17-6-3-4-7-27-17)35(19(16)23(37)38-2)15-12-33-10-13-34(14-11-33)25-28-8-5-9-29-25/h3-9H,10-15H2,1-2H3,(H2,26,31). The van der Waals surface area contributed by atoms with Gasteiger partial charge in [-0.15, -0.1) is 5.10 Å². The second-order valence-corrected chi connectivity index (χ2v) is 9.05. The molecule has 1 aliphatic rings. The molecule has 6 heterocycles. The second-order valence-electron chi connectivity index (χ2n) is 9.05. The van der Waals surface area contributed by atoms with E-state index in [0.717, 1.165) is 44.2 Å². The number of aromatic nitrogens is 8. The Labute approximate surface area is 217 Å². The van der Waals surface area contributed by atoms with Crippen molar-refractivity contribution in [2.45, 2.75) is 13.5 Å². The third-order valence-corrected chi connectivity index (χ3v) is 6.87. The third kappa shape index (κ3) is 4.06. The van der Waals surface area contributed by atoms with E-state index in [-0.39, 0.29) is 5.95 Å². The topological polar surface area (TPSA) is 145 Å². The van der Waals surface area contributed by atoms with Crippen molar-refractivity contribution in [1.82, 2.24) is 44.0 Å². The van der Waals surface area contributed by atoms with Crippen LogP contribution in [0.2, 0.25) is 0 Å². The van der Waals surface area contributed by atoms with Gasteiger partial charge in [0.2, 0.25) is 17.7 Å². The molecule has 0 aliphatic carbocycles. The highest BCUT2D eigenvalue weighted by Gasteiger charge is 2.27. The summed E-state index contributed by atoms with van der Waals surface area (Å²) < 4.78 is 8.53. The van der Waals surface area contributed by atoms with E-state index in [9.17, 15) is 4.79 Å². The number of carbonyl (C=O) groups is 1. The van der Waals surface area contributed by atoms with Crippen molar-refractivity contribution in [3.05, 3.63) is 54.1 Å². The van der Waals surface area contributed by atoms with Crippen LogP contribution in [0.4, 0.5) is 11.9 Å². The van der Waals surface area contributed by atoms with Gasteiger partial charge in [0, 0.05) is 57.9 Å². The molecule has 0 bridgehead atoms. The van der Waals surface area contributed by atoms with Crippen molar-refractivity contribution in [3.8, 4) is 11.5 Å². The number of nitrogens with two attached hydrogens (primary N) is 1. The fraction of sp³-hybridized carbons (Fsp3) is 0.320. The van der Waals surface area contributed by atoms with Gasteiger partial charge in [0.15, 0.2) is 5.65 Å². The molecule has 0 atom stereocenters. The summed E-state index contributed by atoms with van der Waals surface area (Å²) in [5, 5.41) is 5.24. The minimum absolute atomic E-state index is 0.175. The summed E-state index contributed by atoms with van der Waals surface area (Å²) in [6, 6.07) is 7.34. The first-order chi connectivity index (χ1) is 18.5. The van der Waals surface area contributed by atoms with Gasteiger partial charge in [-0.05, 0) is 30.7 Å². The van der Waals surface area contributed by atoms with E-state index in [1.54, 1.807) is 18.6 Å². The fourth-order valence-electron chi connectivity index (χ4n) is 4.95. The van der Waals surface area contributed by atoms with E-state index in [4.69, 9.17) is 15.5 Å². The third-order valence-electron chi connectivity index (χ3n) is 6.87. The van der Waals surface area contributed by atoms with E-state index in [1.165, 1.54) is 11.6 Å². The zero-order valence-electron chi connectivity index (χ0n) is 21.2. The summed E-state index contributed by atoms with van der Waals surface area (Å²) in [4.78, 5) is 39.9. The van der Waals surface area contributed by atoms with Crippen molar-refractivity contribution in [1.29, 1.82) is 0 Å². The molecular weight excluding hydrogens is 486 g/mol. The van der Waals surface area contributed by atoms with Crippen LogP contribution in [0.1, 0.15) is 16.1 Å². The summed E-state index contributed by atoms with van der Waals surface area (Å²) in [7, 11) is 1.38. The zero-order valence-corrected chi connectivity index (χ0v) is 21.2. The Kier molecular flexibility index (Phi) is 6.04. The zero-order chi connectivity index (χ0) is 26.2. The van der Waals surface area contributed by atoms with Gasteiger partial charge in [0.25, 0.3) is 0 Å². The lowest BCUT2D eigenvalue weighted by Gasteiger charge is -2.34. The van der Waals surface area contributed by atoms with E-state index in [2.05, 4.69) is 34.8 Å². The lowest BCUT2D eigenvalue weighted by molar-refractivity contribution is 0.0587. The minimum Gasteiger partial charge on any atom is -0.464 e. The molecular formula is C25H27N11O2. The maximum Gasteiger partial charge on any atom is 0.355 e. The predicted molar refractivity (Wildman–Crippen MR) is 141 cm³/mol. The number of piperazine rings is 1. The number of nitrogen functional groups attached to an aromatic ring is 1. The number of fused-ring (bicyclic) bond motifs is 3. The lowest BCUT2D eigenvalue weighted by atomic mass is 10.2. The van der Waals surface area contributed by atoms with Gasteiger partial charge in [-0.25, -0.2) is 19.7 Å². The van der Waals surface area contributed by atoms with Crippen LogP contribution in [0.15, 0.2) is 42.9 Å². The number of pyridine rings is 1. The Bertz CT molecular complexity index is 1610. The molecule has 1 aliphatic heterocycles. The smallest absolute Gasteiger partial charge is 0.355 e. The summed E-state index contributed by atoms with van der Waals surface area (Å²) >= 11 is 0. The van der Waals surface area contributed by atoms with E-state index >= 15 is 0 Å². The number of hydrogen-bond donors (Lipinski definition) is 1. The van der Waals surface area contributed by atoms with Gasteiger partial charge < -0.3 is 19.9 Å². The molecule has 0 amide bonds. The largest absolute Gasteiger partial charge is 0.464 e. The van der Waals surface area contributed by atoms with Crippen molar-refractivity contribution in [3.63, 3.8) is 0 Å². The number of carbonyl (C=O) groups excluding carboxylic acids is 1. The van der Waals surface area contributed by atoms with Crippen LogP contribution in [0.5, 0.6) is 0 Å². The second kappa shape index (κ2) is 9.67. The van der Waals surface area contributed by atoms with Crippen LogP contribution in [-0.4, -0.2) is 89.8 Å². The highest BCUT2D eigenvalue weighted by molar-refractivity contribution is 6.03. The average molecular weight is 514 g/mol. The number of methoxy groups -OCH3 is 1. The van der Waals surface area contributed by atoms with Gasteiger partial charge in [0.05, 0.1) is 12.5 Å². The first-order valence-corrected chi connectivity index (χ1v) is 12.3. The summed E-state index contributed by atoms with van der Waals surface area (Å²) in [6.07, 6.45) is 5.20. The number of aryl methyl sites for hydroxylation is 1. The maximum absolute atomic E-state index is 12.9. The fourth-order valence-corrected chi connectivity index (χ4v) is 4.95. The molecule has 0 radical (unpaired) electrons. The van der Waals surface area contributed by atoms with Crippen molar-refractivity contribution < 1.29 is 9.53 Å². The molecule has 13 heteroatoms. The van der Waals surface area contributed by atoms with Gasteiger partial charge in [-0.1, -0.05) is 6.07 Å². The molecule has 0 unspecified atom stereocenters. The van der Waals surface area contributed by atoms with Gasteiger partial charge in [-0.2, -0.15) is 9.50 Å². The molecule has 13 nitrogen and oxygen atoms in total. The molecule has 5 aromatic rings. The van der Waals surface area contributed by atoms with Crippen LogP contribution in [0.25, 0.3) is 28.2 Å². The minimum atomic E-state index is -0.437. The van der Waals surface area contributed by atoms with Crippen LogP contribution < -0.4 is 10.6 Å². The Morgan fingerprint density at radius 1 is 0.974 bits per heavy atom. The monoisotopic (exact) mass is 513 g/mol. The van der Waals surface area contributed by atoms with Crippen LogP contribution in [0.3, 0.4) is 0 Å². The quantitative estimate of drug-likeness (QED) is 0.329. The summed E-state index contributed by atoms with van der Waals surface area (Å²) in [6.45, 7) is 6.46. The molecule has 0 saturated carbocycles. The normalized spacial score (nSPS) is 14.4. The van der Waals surface area contributed by atoms with E-state index in [0.29, 0.717) is 40.4 Å². The first-order valence-electron chi connectivity index (χ1n) is 12.3. The number of rotatable bonds is 6. The average Bonchev–Trinajstić information content (AvgIpc) is 3.52. The van der Waals surface area contributed by atoms with E-state index < -0.39 is 5.97 Å². The van der Waals surface area contributed by atoms with Gasteiger partial charge >= 0.3 is 5.97 Å². The highest BCUT2D eigenvalue weighted by Crippen LogP contribution is 2.30. The Balaban J connectivity index is 1.33. The van der Waals surface area contributed by atoms with Crippen molar-refractivity contribution in [2.75, 3.05) is 50.5 Å². The Hall–Kier alpha value is -4.65. The SMILES string of the molecule is COC(=O)c1c(C)c2c(nc(N)n3nc(-c4ccccn4)nc23)n1CCN1CCN(c2ncccn2)CC1. The van der Waals surface area contributed by atoms with Crippen LogP contribution in [-0.2, 0) is 11.3 Å². The number of hydrogen-bond acceptors (Lipinski definition) is 11.